The first kappa shape index (κ1) is 15.5. The maximum absolute atomic E-state index is 11.6. The van der Waals surface area contributed by atoms with Crippen molar-refractivity contribution in [3.63, 3.8) is 0 Å². The molecule has 0 spiro atoms. The van der Waals surface area contributed by atoms with Crippen molar-refractivity contribution in [2.24, 2.45) is 0 Å². The maximum atomic E-state index is 11.6. The number of urea groups is 1. The third-order valence-electron chi connectivity index (χ3n) is 2.45. The van der Waals surface area contributed by atoms with Gasteiger partial charge in [0.05, 0.1) is 0 Å². The third-order valence-corrected chi connectivity index (χ3v) is 2.45. The Morgan fingerprint density at radius 2 is 2.21 bits per heavy atom. The standard InChI is InChI=1S/C13H23N3O3/c1-5-18-8-6-7-14-12(17)15-11-9-10(19-16-11)13(2,3)4/h9H,5-8H2,1-4H3,(H2,14,15,16,17). The van der Waals surface area contributed by atoms with Gasteiger partial charge in [0.2, 0.25) is 0 Å². The second-order valence-electron chi connectivity index (χ2n) is 5.26. The molecule has 1 rings (SSSR count). The number of aromatic nitrogens is 1. The molecule has 0 aromatic carbocycles. The van der Waals surface area contributed by atoms with E-state index >= 15 is 0 Å². The van der Waals surface area contributed by atoms with Crippen molar-refractivity contribution in [3.05, 3.63) is 11.8 Å². The van der Waals surface area contributed by atoms with Crippen molar-refractivity contribution in [1.82, 2.24) is 10.5 Å². The zero-order chi connectivity index (χ0) is 14.3. The summed E-state index contributed by atoms with van der Waals surface area (Å²) in [4.78, 5) is 11.6. The first-order valence-corrected chi connectivity index (χ1v) is 6.53. The molecule has 0 atom stereocenters. The lowest BCUT2D eigenvalue weighted by molar-refractivity contribution is 0.145. The fourth-order valence-corrected chi connectivity index (χ4v) is 1.37. The highest BCUT2D eigenvalue weighted by molar-refractivity contribution is 5.88. The van der Waals surface area contributed by atoms with Crippen molar-refractivity contribution < 1.29 is 14.1 Å². The van der Waals surface area contributed by atoms with Crippen LogP contribution in [-0.2, 0) is 10.2 Å². The van der Waals surface area contributed by atoms with E-state index in [-0.39, 0.29) is 11.4 Å². The van der Waals surface area contributed by atoms with Gasteiger partial charge >= 0.3 is 6.03 Å². The first-order valence-electron chi connectivity index (χ1n) is 6.53. The highest BCUT2D eigenvalue weighted by atomic mass is 16.5. The molecule has 0 aliphatic rings. The molecule has 0 aliphatic heterocycles. The van der Waals surface area contributed by atoms with E-state index in [1.54, 1.807) is 6.07 Å². The van der Waals surface area contributed by atoms with Gasteiger partial charge in [-0.25, -0.2) is 4.79 Å². The summed E-state index contributed by atoms with van der Waals surface area (Å²) in [6, 6.07) is 1.45. The molecule has 0 aliphatic carbocycles. The van der Waals surface area contributed by atoms with Crippen molar-refractivity contribution >= 4 is 11.8 Å². The summed E-state index contributed by atoms with van der Waals surface area (Å²) in [5.74, 6) is 1.16. The van der Waals surface area contributed by atoms with Crippen molar-refractivity contribution in [2.75, 3.05) is 25.1 Å². The van der Waals surface area contributed by atoms with Gasteiger partial charge in [-0.1, -0.05) is 25.9 Å². The second-order valence-corrected chi connectivity index (χ2v) is 5.26. The predicted octanol–water partition coefficient (Wildman–Crippen LogP) is 2.52. The number of nitrogens with zero attached hydrogens (tertiary/aromatic N) is 1. The minimum Gasteiger partial charge on any atom is -0.382 e. The fourth-order valence-electron chi connectivity index (χ4n) is 1.37. The van der Waals surface area contributed by atoms with E-state index in [2.05, 4.69) is 15.8 Å². The lowest BCUT2D eigenvalue weighted by Gasteiger charge is -2.12. The number of hydrogen-bond acceptors (Lipinski definition) is 4. The van der Waals surface area contributed by atoms with Crippen LogP contribution in [0.5, 0.6) is 0 Å². The maximum Gasteiger partial charge on any atom is 0.320 e. The molecule has 6 heteroatoms. The minimum absolute atomic E-state index is 0.124. The molecule has 0 radical (unpaired) electrons. The number of ether oxygens (including phenoxy) is 1. The number of carbonyl (C=O) groups is 1. The van der Waals surface area contributed by atoms with Gasteiger partial charge in [-0.2, -0.15) is 0 Å². The number of anilines is 1. The molecule has 1 aromatic heterocycles. The van der Waals surface area contributed by atoms with Crippen LogP contribution in [-0.4, -0.2) is 30.9 Å². The van der Waals surface area contributed by atoms with Crippen LogP contribution in [0, 0.1) is 0 Å². The average Bonchev–Trinajstić information content (AvgIpc) is 2.77. The first-order chi connectivity index (χ1) is 8.93. The molecule has 108 valence electrons. The summed E-state index contributed by atoms with van der Waals surface area (Å²) >= 11 is 0. The van der Waals surface area contributed by atoms with E-state index in [1.807, 2.05) is 27.7 Å². The molecule has 0 unspecified atom stereocenters. The van der Waals surface area contributed by atoms with Crippen LogP contribution >= 0.6 is 0 Å². The van der Waals surface area contributed by atoms with Gasteiger partial charge in [-0.3, -0.25) is 5.32 Å². The van der Waals surface area contributed by atoms with Gasteiger partial charge in [0.25, 0.3) is 0 Å². The summed E-state index contributed by atoms with van der Waals surface area (Å²) in [6.45, 7) is 9.91. The van der Waals surface area contributed by atoms with Gasteiger partial charge < -0.3 is 14.6 Å². The Bertz CT molecular complexity index is 396. The number of hydrogen-bond donors (Lipinski definition) is 2. The Labute approximate surface area is 113 Å². The largest absolute Gasteiger partial charge is 0.382 e. The number of amides is 2. The normalized spacial score (nSPS) is 11.4. The number of rotatable bonds is 6. The van der Waals surface area contributed by atoms with Crippen molar-refractivity contribution in [2.45, 2.75) is 39.5 Å². The Kier molecular flexibility index (Phi) is 5.82. The highest BCUT2D eigenvalue weighted by Crippen LogP contribution is 2.24. The molecule has 1 heterocycles. The van der Waals surface area contributed by atoms with Crippen LogP contribution in [0.2, 0.25) is 0 Å². The van der Waals surface area contributed by atoms with E-state index in [1.165, 1.54) is 0 Å². The summed E-state index contributed by atoms with van der Waals surface area (Å²) < 4.78 is 10.4. The average molecular weight is 269 g/mol. The van der Waals surface area contributed by atoms with Crippen molar-refractivity contribution in [1.29, 1.82) is 0 Å². The van der Waals surface area contributed by atoms with Crippen LogP contribution in [0.1, 0.15) is 39.9 Å². The Morgan fingerprint density at radius 1 is 1.47 bits per heavy atom. The van der Waals surface area contributed by atoms with Gasteiger partial charge in [0, 0.05) is 31.2 Å². The zero-order valence-corrected chi connectivity index (χ0v) is 12.1. The quantitative estimate of drug-likeness (QED) is 0.778. The highest BCUT2D eigenvalue weighted by Gasteiger charge is 2.20. The SMILES string of the molecule is CCOCCCNC(=O)Nc1cc(C(C)(C)C)on1. The molecule has 0 saturated carbocycles. The molecule has 2 amide bonds. The van der Waals surface area contributed by atoms with E-state index in [4.69, 9.17) is 9.26 Å². The molecule has 1 aromatic rings. The lowest BCUT2D eigenvalue weighted by atomic mass is 9.93. The van der Waals surface area contributed by atoms with Crippen molar-refractivity contribution in [3.8, 4) is 0 Å². The van der Waals surface area contributed by atoms with Crippen LogP contribution in [0.3, 0.4) is 0 Å². The second kappa shape index (κ2) is 7.13. The molecule has 0 saturated heterocycles. The molecule has 0 bridgehead atoms. The molecular weight excluding hydrogens is 246 g/mol. The van der Waals surface area contributed by atoms with Crippen LogP contribution in [0.25, 0.3) is 0 Å². The predicted molar refractivity (Wildman–Crippen MR) is 73.3 cm³/mol. The topological polar surface area (TPSA) is 76.4 Å². The summed E-state index contributed by atoms with van der Waals surface area (Å²) in [5, 5.41) is 9.16. The van der Waals surface area contributed by atoms with E-state index in [9.17, 15) is 4.79 Å². The van der Waals surface area contributed by atoms with Gasteiger partial charge in [-0.05, 0) is 13.3 Å². The molecule has 6 nitrogen and oxygen atoms in total. The van der Waals surface area contributed by atoms with Crippen LogP contribution in [0.4, 0.5) is 10.6 Å². The van der Waals surface area contributed by atoms with Crippen LogP contribution < -0.4 is 10.6 Å². The zero-order valence-electron chi connectivity index (χ0n) is 12.1. The Morgan fingerprint density at radius 3 is 2.79 bits per heavy atom. The molecule has 2 N–H and O–H groups in total. The summed E-state index contributed by atoms with van der Waals surface area (Å²) in [5.41, 5.74) is -0.124. The monoisotopic (exact) mass is 269 g/mol. The van der Waals surface area contributed by atoms with Gasteiger partial charge in [0.1, 0.15) is 5.76 Å². The lowest BCUT2D eigenvalue weighted by Crippen LogP contribution is -2.30. The summed E-state index contributed by atoms with van der Waals surface area (Å²) in [7, 11) is 0. The smallest absolute Gasteiger partial charge is 0.320 e. The van der Waals surface area contributed by atoms with E-state index in [0.29, 0.717) is 25.6 Å². The van der Waals surface area contributed by atoms with E-state index in [0.717, 1.165) is 12.2 Å². The third kappa shape index (κ3) is 5.74. The van der Waals surface area contributed by atoms with Gasteiger partial charge in [0.15, 0.2) is 5.82 Å². The fraction of sp³-hybridized carbons (Fsp3) is 0.692. The minimum atomic E-state index is -0.287. The summed E-state index contributed by atoms with van der Waals surface area (Å²) in [6.07, 6.45) is 0.785. The Balaban J connectivity index is 2.30. The van der Waals surface area contributed by atoms with Gasteiger partial charge in [-0.15, -0.1) is 0 Å². The number of nitrogens with one attached hydrogen (secondary N) is 2. The van der Waals surface area contributed by atoms with Crippen LogP contribution in [0.15, 0.2) is 10.6 Å². The van der Waals surface area contributed by atoms with E-state index < -0.39 is 0 Å². The molecule has 19 heavy (non-hydrogen) atoms. The Hall–Kier alpha value is -1.56. The number of carbonyl (C=O) groups excluding carboxylic acids is 1. The molecular formula is C13H23N3O3. The molecule has 0 fully saturated rings.